The Kier molecular flexibility index (Phi) is 4.72. The summed E-state index contributed by atoms with van der Waals surface area (Å²) in [6, 6.07) is 5.82. The number of hydrogen-bond donors (Lipinski definition) is 0. The molecule has 126 valence electrons. The van der Waals surface area contributed by atoms with Crippen LogP contribution < -0.4 is 4.74 Å². The average Bonchev–Trinajstić information content (AvgIpc) is 2.81. The van der Waals surface area contributed by atoms with Gasteiger partial charge < -0.3 is 14.4 Å². The van der Waals surface area contributed by atoms with Crippen LogP contribution in [0.15, 0.2) is 18.2 Å². The van der Waals surface area contributed by atoms with Crippen LogP contribution in [-0.4, -0.2) is 36.8 Å². The Morgan fingerprint density at radius 1 is 1.39 bits per heavy atom. The zero-order chi connectivity index (χ0) is 16.4. The Morgan fingerprint density at radius 3 is 2.83 bits per heavy atom. The van der Waals surface area contributed by atoms with Crippen LogP contribution in [0.5, 0.6) is 5.75 Å². The molecule has 1 fully saturated rings. The van der Waals surface area contributed by atoms with Gasteiger partial charge in [-0.05, 0) is 50.8 Å². The van der Waals surface area contributed by atoms with Crippen LogP contribution in [0, 0.1) is 0 Å². The average molecular weight is 338 g/mol. The van der Waals surface area contributed by atoms with Crippen molar-refractivity contribution in [2.24, 2.45) is 0 Å². The third-order valence-electron chi connectivity index (χ3n) is 5.03. The highest BCUT2D eigenvalue weighted by Crippen LogP contribution is 2.52. The summed E-state index contributed by atoms with van der Waals surface area (Å²) in [4.78, 5) is 13.7. The van der Waals surface area contributed by atoms with E-state index in [1.54, 1.807) is 11.9 Å². The van der Waals surface area contributed by atoms with E-state index in [-0.39, 0.29) is 17.6 Å². The van der Waals surface area contributed by atoms with Crippen LogP contribution in [0.2, 0.25) is 5.02 Å². The van der Waals surface area contributed by atoms with Gasteiger partial charge >= 0.3 is 6.09 Å². The fourth-order valence-electron chi connectivity index (χ4n) is 3.91. The smallest absolute Gasteiger partial charge is 0.409 e. The summed E-state index contributed by atoms with van der Waals surface area (Å²) in [6.45, 7) is 2.80. The molecule has 3 rings (SSSR count). The van der Waals surface area contributed by atoms with Gasteiger partial charge in [-0.25, -0.2) is 4.79 Å². The molecule has 1 unspecified atom stereocenters. The topological polar surface area (TPSA) is 38.8 Å². The number of nitrogens with zero attached hydrogens (tertiary/aromatic N) is 1. The molecule has 1 spiro atoms. The van der Waals surface area contributed by atoms with Gasteiger partial charge in [-0.1, -0.05) is 18.0 Å². The first-order valence-corrected chi connectivity index (χ1v) is 8.80. The van der Waals surface area contributed by atoms with Gasteiger partial charge in [0.25, 0.3) is 0 Å². The quantitative estimate of drug-likeness (QED) is 0.808. The number of carbonyl (C=O) groups excluding carboxylic acids is 1. The summed E-state index contributed by atoms with van der Waals surface area (Å²) < 4.78 is 11.5. The van der Waals surface area contributed by atoms with Gasteiger partial charge in [-0.15, -0.1) is 0 Å². The molecule has 1 amide bonds. The largest absolute Gasteiger partial charge is 0.486 e. The SMILES string of the molecule is CCOC(=O)N(C)CC1c2cc(Cl)ccc2OC12CCCCC2. The van der Waals surface area contributed by atoms with Gasteiger partial charge in [0, 0.05) is 30.1 Å². The van der Waals surface area contributed by atoms with Crippen molar-refractivity contribution >= 4 is 17.7 Å². The molecule has 2 aliphatic rings. The Hall–Kier alpha value is -1.42. The van der Waals surface area contributed by atoms with Gasteiger partial charge in [0.1, 0.15) is 11.4 Å². The number of rotatable bonds is 3. The zero-order valence-corrected chi connectivity index (χ0v) is 14.6. The molecule has 1 aromatic carbocycles. The standard InChI is InChI=1S/C18H24ClNO3/c1-3-22-17(21)20(2)12-15-14-11-13(19)7-8-16(14)23-18(15)9-5-4-6-10-18/h7-8,11,15H,3-6,9-10,12H2,1-2H3. The molecular formula is C18H24ClNO3. The molecule has 23 heavy (non-hydrogen) atoms. The minimum atomic E-state index is -0.283. The number of fused-ring (bicyclic) bond motifs is 1. The van der Waals surface area contributed by atoms with E-state index in [0.717, 1.165) is 24.2 Å². The van der Waals surface area contributed by atoms with E-state index >= 15 is 0 Å². The molecule has 0 saturated heterocycles. The maximum absolute atomic E-state index is 12.0. The molecule has 1 aliphatic carbocycles. The highest BCUT2D eigenvalue weighted by atomic mass is 35.5. The van der Waals surface area contributed by atoms with Crippen LogP contribution in [0.3, 0.4) is 0 Å². The summed E-state index contributed by atoms with van der Waals surface area (Å²) >= 11 is 6.20. The van der Waals surface area contributed by atoms with Crippen LogP contribution in [0.4, 0.5) is 4.79 Å². The number of halogens is 1. The second-order valence-electron chi connectivity index (χ2n) is 6.54. The lowest BCUT2D eigenvalue weighted by atomic mass is 9.74. The number of ether oxygens (including phenoxy) is 2. The van der Waals surface area contributed by atoms with Crippen molar-refractivity contribution in [2.75, 3.05) is 20.2 Å². The monoisotopic (exact) mass is 337 g/mol. The van der Waals surface area contributed by atoms with E-state index in [1.807, 2.05) is 25.1 Å². The molecule has 1 saturated carbocycles. The van der Waals surface area contributed by atoms with E-state index in [0.29, 0.717) is 18.2 Å². The molecular weight excluding hydrogens is 314 g/mol. The lowest BCUT2D eigenvalue weighted by Crippen LogP contribution is -2.45. The van der Waals surface area contributed by atoms with Crippen molar-refractivity contribution in [1.29, 1.82) is 0 Å². The molecule has 0 radical (unpaired) electrons. The van der Waals surface area contributed by atoms with Crippen molar-refractivity contribution < 1.29 is 14.3 Å². The molecule has 4 nitrogen and oxygen atoms in total. The van der Waals surface area contributed by atoms with Crippen molar-refractivity contribution in [3.63, 3.8) is 0 Å². The third kappa shape index (κ3) is 3.14. The fraction of sp³-hybridized carbons (Fsp3) is 0.611. The second-order valence-corrected chi connectivity index (χ2v) is 6.98. The van der Waals surface area contributed by atoms with E-state index in [9.17, 15) is 4.79 Å². The van der Waals surface area contributed by atoms with Crippen LogP contribution >= 0.6 is 11.6 Å². The third-order valence-corrected chi connectivity index (χ3v) is 5.27. The molecule has 0 bridgehead atoms. The van der Waals surface area contributed by atoms with E-state index in [2.05, 4.69) is 0 Å². The normalized spacial score (nSPS) is 21.6. The number of hydrogen-bond acceptors (Lipinski definition) is 3. The second kappa shape index (κ2) is 6.60. The summed E-state index contributed by atoms with van der Waals surface area (Å²) in [6.07, 6.45) is 5.36. The summed E-state index contributed by atoms with van der Waals surface area (Å²) in [5.41, 5.74) is 0.919. The lowest BCUT2D eigenvalue weighted by molar-refractivity contribution is 0.0190. The lowest BCUT2D eigenvalue weighted by Gasteiger charge is -2.39. The number of benzene rings is 1. The minimum absolute atomic E-state index is 0.144. The van der Waals surface area contributed by atoms with Gasteiger partial charge in [-0.2, -0.15) is 0 Å². The highest BCUT2D eigenvalue weighted by molar-refractivity contribution is 6.30. The molecule has 1 aliphatic heterocycles. The van der Waals surface area contributed by atoms with Crippen LogP contribution in [0.1, 0.15) is 50.5 Å². The molecule has 0 N–H and O–H groups in total. The predicted octanol–water partition coefficient (Wildman–Crippen LogP) is 4.61. The Morgan fingerprint density at radius 2 is 2.13 bits per heavy atom. The summed E-state index contributed by atoms with van der Waals surface area (Å²) in [5.74, 6) is 1.06. The van der Waals surface area contributed by atoms with E-state index in [4.69, 9.17) is 21.1 Å². The van der Waals surface area contributed by atoms with Gasteiger partial charge in [-0.3, -0.25) is 0 Å². The van der Waals surface area contributed by atoms with Gasteiger partial charge in [0.05, 0.1) is 6.61 Å². The molecule has 5 heteroatoms. The Balaban J connectivity index is 1.89. The predicted molar refractivity (Wildman–Crippen MR) is 90.3 cm³/mol. The molecule has 1 heterocycles. The first kappa shape index (κ1) is 16.4. The number of amides is 1. The van der Waals surface area contributed by atoms with Crippen molar-refractivity contribution in [3.05, 3.63) is 28.8 Å². The van der Waals surface area contributed by atoms with Crippen LogP contribution in [-0.2, 0) is 4.74 Å². The van der Waals surface area contributed by atoms with E-state index in [1.165, 1.54) is 19.3 Å². The zero-order valence-electron chi connectivity index (χ0n) is 13.8. The Bertz CT molecular complexity index is 584. The molecule has 0 aromatic heterocycles. The summed E-state index contributed by atoms with van der Waals surface area (Å²) in [5, 5.41) is 0.712. The molecule has 1 aromatic rings. The summed E-state index contributed by atoms with van der Waals surface area (Å²) in [7, 11) is 1.79. The first-order chi connectivity index (χ1) is 11.1. The Labute approximate surface area is 142 Å². The van der Waals surface area contributed by atoms with E-state index < -0.39 is 0 Å². The maximum Gasteiger partial charge on any atom is 0.409 e. The van der Waals surface area contributed by atoms with Crippen molar-refractivity contribution in [2.45, 2.75) is 50.5 Å². The fourth-order valence-corrected chi connectivity index (χ4v) is 4.09. The van der Waals surface area contributed by atoms with Crippen molar-refractivity contribution in [3.8, 4) is 5.75 Å². The first-order valence-electron chi connectivity index (χ1n) is 8.42. The van der Waals surface area contributed by atoms with Gasteiger partial charge in [0.15, 0.2) is 0 Å². The molecule has 1 atom stereocenters. The van der Waals surface area contributed by atoms with Crippen LogP contribution in [0.25, 0.3) is 0 Å². The minimum Gasteiger partial charge on any atom is -0.486 e. The maximum atomic E-state index is 12.0. The van der Waals surface area contributed by atoms with Crippen molar-refractivity contribution in [1.82, 2.24) is 4.90 Å². The van der Waals surface area contributed by atoms with Gasteiger partial charge in [0.2, 0.25) is 0 Å². The number of carbonyl (C=O) groups is 1. The number of likely N-dealkylation sites (N-methyl/N-ethyl adjacent to an activating group) is 1. The highest BCUT2D eigenvalue weighted by Gasteiger charge is 2.49.